The van der Waals surface area contributed by atoms with E-state index in [2.05, 4.69) is 10.2 Å². The Morgan fingerprint density at radius 1 is 1.25 bits per heavy atom. The highest BCUT2D eigenvalue weighted by atomic mass is 19.1. The number of nitrogens with one attached hydrogen (secondary N) is 1. The molecule has 1 heterocycles. The van der Waals surface area contributed by atoms with Crippen LogP contribution in [0.5, 0.6) is 0 Å². The molecule has 0 saturated heterocycles. The first-order valence-corrected chi connectivity index (χ1v) is 5.16. The van der Waals surface area contributed by atoms with Gasteiger partial charge in [-0.1, -0.05) is 13.0 Å². The zero-order valence-electron chi connectivity index (χ0n) is 8.93. The first-order valence-electron chi connectivity index (χ1n) is 5.16. The number of nitrogens with zero attached hydrogens (tertiary/aromatic N) is 1. The number of halogens is 2. The fourth-order valence-corrected chi connectivity index (χ4v) is 1.69. The van der Waals surface area contributed by atoms with Gasteiger partial charge < -0.3 is 0 Å². The molecule has 0 aliphatic rings. The number of benzene rings is 1. The number of hydrogen-bond donors (Lipinski definition) is 1. The molecule has 0 bridgehead atoms. The van der Waals surface area contributed by atoms with Crippen LogP contribution in [0.1, 0.15) is 23.7 Å². The number of H-pyrrole nitrogens is 1. The lowest BCUT2D eigenvalue weighted by atomic mass is 10.0. The second-order valence-corrected chi connectivity index (χ2v) is 3.60. The van der Waals surface area contributed by atoms with Crippen molar-refractivity contribution in [1.82, 2.24) is 10.2 Å². The largest absolute Gasteiger partial charge is 0.282 e. The summed E-state index contributed by atoms with van der Waals surface area (Å²) in [5.41, 5.74) is 1.85. The van der Waals surface area contributed by atoms with Crippen molar-refractivity contribution in [3.63, 3.8) is 0 Å². The normalized spacial score (nSPS) is 10.7. The first-order chi connectivity index (χ1) is 7.72. The van der Waals surface area contributed by atoms with E-state index in [9.17, 15) is 8.78 Å². The third-order valence-corrected chi connectivity index (χ3v) is 2.59. The van der Waals surface area contributed by atoms with Gasteiger partial charge in [0.05, 0.1) is 6.20 Å². The van der Waals surface area contributed by atoms with Crippen molar-refractivity contribution in [3.05, 3.63) is 52.9 Å². The predicted octanol–water partition coefficient (Wildman–Crippen LogP) is 2.84. The van der Waals surface area contributed by atoms with E-state index >= 15 is 0 Å². The van der Waals surface area contributed by atoms with Crippen molar-refractivity contribution >= 4 is 0 Å². The van der Waals surface area contributed by atoms with E-state index in [1.165, 1.54) is 18.2 Å². The summed E-state index contributed by atoms with van der Waals surface area (Å²) in [6, 6.07) is 3.90. The summed E-state index contributed by atoms with van der Waals surface area (Å²) in [5.74, 6) is -1.02. The highest BCUT2D eigenvalue weighted by Crippen LogP contribution is 2.18. The Bertz CT molecular complexity index is 471. The van der Waals surface area contributed by atoms with Gasteiger partial charge in [0.15, 0.2) is 0 Å². The number of rotatable bonds is 3. The van der Waals surface area contributed by atoms with Crippen molar-refractivity contribution in [1.29, 1.82) is 0 Å². The molecule has 0 radical (unpaired) electrons. The maximum atomic E-state index is 13.4. The van der Waals surface area contributed by atoms with E-state index in [0.29, 0.717) is 0 Å². The van der Waals surface area contributed by atoms with Crippen molar-refractivity contribution < 1.29 is 8.78 Å². The van der Waals surface area contributed by atoms with Crippen LogP contribution < -0.4 is 0 Å². The molecule has 0 unspecified atom stereocenters. The monoisotopic (exact) mass is 222 g/mol. The van der Waals surface area contributed by atoms with Crippen molar-refractivity contribution in [2.75, 3.05) is 0 Å². The van der Waals surface area contributed by atoms with Crippen LogP contribution in [0.15, 0.2) is 24.4 Å². The Kier molecular flexibility index (Phi) is 2.99. The summed E-state index contributed by atoms with van der Waals surface area (Å²) in [4.78, 5) is 0. The minimum atomic E-state index is -0.511. The molecular formula is C12H12F2N2. The minimum absolute atomic E-state index is 0.0959. The van der Waals surface area contributed by atoms with Crippen LogP contribution in [0.3, 0.4) is 0 Å². The average molecular weight is 222 g/mol. The van der Waals surface area contributed by atoms with Gasteiger partial charge in [0.25, 0.3) is 0 Å². The molecule has 1 N–H and O–H groups in total. The summed E-state index contributed by atoms with van der Waals surface area (Å²) in [6.07, 6.45) is 2.62. The second-order valence-electron chi connectivity index (χ2n) is 3.60. The van der Waals surface area contributed by atoms with Crippen LogP contribution in [0.25, 0.3) is 0 Å². The summed E-state index contributed by atoms with van der Waals surface area (Å²) in [5, 5.41) is 6.70. The van der Waals surface area contributed by atoms with Gasteiger partial charge in [0.2, 0.25) is 0 Å². The number of aromatic amines is 1. The Hall–Kier alpha value is -1.71. The van der Waals surface area contributed by atoms with Gasteiger partial charge >= 0.3 is 0 Å². The van der Waals surface area contributed by atoms with E-state index < -0.39 is 11.6 Å². The molecule has 1 aromatic heterocycles. The van der Waals surface area contributed by atoms with Crippen LogP contribution in [0.4, 0.5) is 8.78 Å². The molecule has 0 amide bonds. The van der Waals surface area contributed by atoms with Crippen LogP contribution in [0.2, 0.25) is 0 Å². The van der Waals surface area contributed by atoms with E-state index in [1.54, 1.807) is 6.20 Å². The van der Waals surface area contributed by atoms with Gasteiger partial charge in [-0.2, -0.15) is 5.10 Å². The van der Waals surface area contributed by atoms with Gasteiger partial charge in [0, 0.05) is 17.7 Å². The van der Waals surface area contributed by atoms with Gasteiger partial charge in [-0.05, 0) is 24.1 Å². The lowest BCUT2D eigenvalue weighted by Gasteiger charge is -2.04. The lowest BCUT2D eigenvalue weighted by molar-refractivity contribution is 0.561. The molecule has 0 fully saturated rings. The molecule has 4 heteroatoms. The summed E-state index contributed by atoms with van der Waals surface area (Å²) in [6.45, 7) is 1.97. The zero-order valence-corrected chi connectivity index (χ0v) is 8.93. The molecule has 0 atom stereocenters. The molecule has 2 nitrogen and oxygen atoms in total. The third-order valence-electron chi connectivity index (χ3n) is 2.59. The summed E-state index contributed by atoms with van der Waals surface area (Å²) >= 11 is 0. The molecule has 0 saturated carbocycles. The van der Waals surface area contributed by atoms with Crippen LogP contribution in [-0.4, -0.2) is 10.2 Å². The van der Waals surface area contributed by atoms with Crippen LogP contribution in [-0.2, 0) is 12.8 Å². The number of hydrogen-bond acceptors (Lipinski definition) is 1. The topological polar surface area (TPSA) is 28.7 Å². The summed E-state index contributed by atoms with van der Waals surface area (Å²) < 4.78 is 26.8. The molecule has 16 heavy (non-hydrogen) atoms. The van der Waals surface area contributed by atoms with Gasteiger partial charge in [-0.15, -0.1) is 0 Å². The highest BCUT2D eigenvalue weighted by molar-refractivity contribution is 5.29. The number of aryl methyl sites for hydroxylation is 1. The summed E-state index contributed by atoms with van der Waals surface area (Å²) in [7, 11) is 0. The fraction of sp³-hybridized carbons (Fsp3) is 0.250. The molecule has 84 valence electrons. The van der Waals surface area contributed by atoms with Crippen molar-refractivity contribution in [2.45, 2.75) is 19.8 Å². The Balaban J connectivity index is 2.34. The Morgan fingerprint density at radius 3 is 2.56 bits per heavy atom. The van der Waals surface area contributed by atoms with Crippen molar-refractivity contribution in [3.8, 4) is 0 Å². The molecule has 0 aliphatic heterocycles. The highest BCUT2D eigenvalue weighted by Gasteiger charge is 2.12. The SMILES string of the molecule is CCc1[nH]ncc1Cc1c(F)cccc1F. The molecule has 1 aromatic carbocycles. The van der Waals surface area contributed by atoms with E-state index in [-0.39, 0.29) is 12.0 Å². The van der Waals surface area contributed by atoms with E-state index in [1.807, 2.05) is 6.92 Å². The Labute approximate surface area is 92.3 Å². The minimum Gasteiger partial charge on any atom is -0.282 e. The fourth-order valence-electron chi connectivity index (χ4n) is 1.69. The van der Waals surface area contributed by atoms with E-state index in [0.717, 1.165) is 17.7 Å². The Morgan fingerprint density at radius 2 is 1.94 bits per heavy atom. The van der Waals surface area contributed by atoms with Crippen molar-refractivity contribution in [2.24, 2.45) is 0 Å². The zero-order chi connectivity index (χ0) is 11.5. The predicted molar refractivity (Wildman–Crippen MR) is 57.1 cm³/mol. The number of aromatic nitrogens is 2. The molecule has 2 rings (SSSR count). The molecule has 0 spiro atoms. The van der Waals surface area contributed by atoms with Gasteiger partial charge in [0.1, 0.15) is 11.6 Å². The molecule has 2 aromatic rings. The quantitative estimate of drug-likeness (QED) is 0.849. The third kappa shape index (κ3) is 1.96. The average Bonchev–Trinajstić information content (AvgIpc) is 2.71. The van der Waals surface area contributed by atoms with Crippen LogP contribution in [0, 0.1) is 11.6 Å². The lowest BCUT2D eigenvalue weighted by Crippen LogP contribution is -1.98. The first kappa shape index (κ1) is 10.8. The maximum absolute atomic E-state index is 13.4. The maximum Gasteiger partial charge on any atom is 0.129 e. The molecular weight excluding hydrogens is 210 g/mol. The molecule has 0 aliphatic carbocycles. The van der Waals surface area contributed by atoms with Crippen LogP contribution >= 0.6 is 0 Å². The van der Waals surface area contributed by atoms with Gasteiger partial charge in [-0.25, -0.2) is 8.78 Å². The second kappa shape index (κ2) is 4.43. The van der Waals surface area contributed by atoms with E-state index in [4.69, 9.17) is 0 Å². The standard InChI is InChI=1S/C12H12F2N2/c1-2-12-8(7-15-16-12)6-9-10(13)4-3-5-11(9)14/h3-5,7H,2,6H2,1H3,(H,15,16). The smallest absolute Gasteiger partial charge is 0.129 e. The van der Waals surface area contributed by atoms with Gasteiger partial charge in [-0.3, -0.25) is 5.10 Å².